The van der Waals surface area contributed by atoms with Crippen molar-refractivity contribution in [2.45, 2.75) is 32.6 Å². The van der Waals surface area contributed by atoms with E-state index in [1.165, 1.54) is 25.7 Å². The Morgan fingerprint density at radius 2 is 2.45 bits per heavy atom. The molecule has 2 rings (SSSR count). The lowest BCUT2D eigenvalue weighted by molar-refractivity contribution is 0.508. The monoisotopic (exact) mass is 166 g/mol. The topological polar surface area (TPSA) is 0 Å². The normalized spacial score (nSPS) is 22.1. The van der Waals surface area contributed by atoms with E-state index in [4.69, 9.17) is 0 Å². The van der Waals surface area contributed by atoms with Gasteiger partial charge in [-0.3, -0.25) is 0 Å². The van der Waals surface area contributed by atoms with E-state index < -0.39 is 0 Å². The van der Waals surface area contributed by atoms with E-state index in [0.717, 1.165) is 5.92 Å². The van der Waals surface area contributed by atoms with Crippen LogP contribution in [-0.4, -0.2) is 0 Å². The molecule has 1 heteroatoms. The molecule has 11 heavy (non-hydrogen) atoms. The summed E-state index contributed by atoms with van der Waals surface area (Å²) in [5.74, 6) is 0.974. The summed E-state index contributed by atoms with van der Waals surface area (Å²) < 4.78 is 0. The van der Waals surface area contributed by atoms with Gasteiger partial charge in [-0.05, 0) is 35.8 Å². The maximum Gasteiger partial charge on any atom is 0.00801 e. The summed E-state index contributed by atoms with van der Waals surface area (Å²) >= 11 is 1.94. The standard InChI is InChI=1S/C10H14S/c1-2-3-8-6-9-4-5-11-10(9)7-8/h4-5,8H,2-3,6-7H2,1H3. The molecule has 0 bridgehead atoms. The largest absolute Gasteiger partial charge is 0.149 e. The first kappa shape index (κ1) is 7.35. The molecule has 60 valence electrons. The van der Waals surface area contributed by atoms with Crippen molar-refractivity contribution in [1.29, 1.82) is 0 Å². The summed E-state index contributed by atoms with van der Waals surface area (Å²) in [5, 5.41) is 2.23. The molecule has 1 aliphatic rings. The van der Waals surface area contributed by atoms with Crippen LogP contribution in [0.15, 0.2) is 11.4 Å². The number of fused-ring (bicyclic) bond motifs is 1. The van der Waals surface area contributed by atoms with Crippen LogP contribution >= 0.6 is 11.3 Å². The number of hydrogen-bond donors (Lipinski definition) is 0. The van der Waals surface area contributed by atoms with E-state index in [1.54, 1.807) is 10.4 Å². The van der Waals surface area contributed by atoms with Crippen LogP contribution in [0.4, 0.5) is 0 Å². The zero-order valence-corrected chi connectivity index (χ0v) is 7.79. The Hall–Kier alpha value is -0.300. The van der Waals surface area contributed by atoms with Gasteiger partial charge in [0.2, 0.25) is 0 Å². The van der Waals surface area contributed by atoms with Crippen LogP contribution in [0.5, 0.6) is 0 Å². The fourth-order valence-corrected chi connectivity index (χ4v) is 3.02. The molecule has 0 amide bonds. The molecule has 0 aromatic carbocycles. The van der Waals surface area contributed by atoms with Gasteiger partial charge in [0.25, 0.3) is 0 Å². The van der Waals surface area contributed by atoms with Gasteiger partial charge in [0.1, 0.15) is 0 Å². The lowest BCUT2D eigenvalue weighted by Gasteiger charge is -2.04. The van der Waals surface area contributed by atoms with Gasteiger partial charge in [-0.25, -0.2) is 0 Å². The van der Waals surface area contributed by atoms with Crippen molar-refractivity contribution in [2.75, 3.05) is 0 Å². The molecule has 1 aromatic heterocycles. The minimum Gasteiger partial charge on any atom is -0.149 e. The van der Waals surface area contributed by atoms with Crippen molar-refractivity contribution in [3.8, 4) is 0 Å². The van der Waals surface area contributed by atoms with Crippen LogP contribution in [0, 0.1) is 5.92 Å². The zero-order valence-electron chi connectivity index (χ0n) is 6.97. The molecule has 0 aliphatic heterocycles. The summed E-state index contributed by atoms with van der Waals surface area (Å²) in [7, 11) is 0. The molecule has 0 N–H and O–H groups in total. The van der Waals surface area contributed by atoms with Gasteiger partial charge in [0.05, 0.1) is 0 Å². The highest BCUT2D eigenvalue weighted by atomic mass is 32.1. The van der Waals surface area contributed by atoms with Crippen molar-refractivity contribution in [3.63, 3.8) is 0 Å². The minimum absolute atomic E-state index is 0.974. The van der Waals surface area contributed by atoms with Crippen LogP contribution in [-0.2, 0) is 12.8 Å². The lowest BCUT2D eigenvalue weighted by atomic mass is 10.0. The van der Waals surface area contributed by atoms with Crippen molar-refractivity contribution in [2.24, 2.45) is 5.92 Å². The van der Waals surface area contributed by atoms with Gasteiger partial charge in [-0.2, -0.15) is 0 Å². The number of hydrogen-bond acceptors (Lipinski definition) is 1. The smallest absolute Gasteiger partial charge is 0.00801 e. The average molecular weight is 166 g/mol. The van der Waals surface area contributed by atoms with Crippen molar-refractivity contribution in [1.82, 2.24) is 0 Å². The summed E-state index contributed by atoms with van der Waals surface area (Å²) in [6, 6.07) is 2.30. The maximum atomic E-state index is 2.30. The summed E-state index contributed by atoms with van der Waals surface area (Å²) in [6.07, 6.45) is 5.48. The van der Waals surface area contributed by atoms with Gasteiger partial charge >= 0.3 is 0 Å². The Labute approximate surface area is 72.3 Å². The predicted molar refractivity (Wildman–Crippen MR) is 50.1 cm³/mol. The van der Waals surface area contributed by atoms with E-state index in [9.17, 15) is 0 Å². The summed E-state index contributed by atoms with van der Waals surface area (Å²) in [6.45, 7) is 2.28. The zero-order chi connectivity index (χ0) is 7.68. The number of thiophene rings is 1. The quantitative estimate of drug-likeness (QED) is 0.632. The lowest BCUT2D eigenvalue weighted by Crippen LogP contribution is -1.97. The minimum atomic E-state index is 0.974. The summed E-state index contributed by atoms with van der Waals surface area (Å²) in [5.41, 5.74) is 1.63. The Bertz CT molecular complexity index is 216. The second-order valence-corrected chi connectivity index (χ2v) is 4.43. The molecule has 0 radical (unpaired) electrons. The molecular formula is C10H14S. The van der Waals surface area contributed by atoms with Gasteiger partial charge < -0.3 is 0 Å². The highest BCUT2D eigenvalue weighted by Gasteiger charge is 2.20. The molecule has 0 saturated carbocycles. The number of rotatable bonds is 2. The molecule has 0 spiro atoms. The SMILES string of the molecule is CCCC1Cc2ccsc2C1. The van der Waals surface area contributed by atoms with Gasteiger partial charge in [-0.1, -0.05) is 19.8 Å². The van der Waals surface area contributed by atoms with E-state index in [0.29, 0.717) is 0 Å². The first-order valence-corrected chi connectivity index (χ1v) is 5.33. The Morgan fingerprint density at radius 3 is 3.18 bits per heavy atom. The Morgan fingerprint density at radius 1 is 1.55 bits per heavy atom. The van der Waals surface area contributed by atoms with Crippen molar-refractivity contribution >= 4 is 11.3 Å². The van der Waals surface area contributed by atoms with Crippen LogP contribution in [0.25, 0.3) is 0 Å². The third-order valence-electron chi connectivity index (χ3n) is 2.52. The van der Waals surface area contributed by atoms with Gasteiger partial charge in [0, 0.05) is 4.88 Å². The van der Waals surface area contributed by atoms with E-state index >= 15 is 0 Å². The molecule has 0 fully saturated rings. The second kappa shape index (κ2) is 2.98. The van der Waals surface area contributed by atoms with Crippen LogP contribution in [0.3, 0.4) is 0 Å². The fraction of sp³-hybridized carbons (Fsp3) is 0.600. The van der Waals surface area contributed by atoms with Crippen LogP contribution in [0.1, 0.15) is 30.2 Å². The maximum absolute atomic E-state index is 2.30. The first-order valence-electron chi connectivity index (χ1n) is 4.45. The fourth-order valence-electron chi connectivity index (χ4n) is 1.99. The molecule has 1 aliphatic carbocycles. The van der Waals surface area contributed by atoms with Crippen molar-refractivity contribution in [3.05, 3.63) is 21.9 Å². The highest BCUT2D eigenvalue weighted by Crippen LogP contribution is 2.32. The molecule has 0 saturated heterocycles. The first-order chi connectivity index (χ1) is 5.40. The molecule has 1 atom stereocenters. The van der Waals surface area contributed by atoms with Gasteiger partial charge in [0.15, 0.2) is 0 Å². The van der Waals surface area contributed by atoms with Crippen LogP contribution < -0.4 is 0 Å². The van der Waals surface area contributed by atoms with E-state index in [-0.39, 0.29) is 0 Å². The highest BCUT2D eigenvalue weighted by molar-refractivity contribution is 7.10. The molecule has 1 heterocycles. The third kappa shape index (κ3) is 1.34. The summed E-state index contributed by atoms with van der Waals surface area (Å²) in [4.78, 5) is 1.66. The molecule has 0 nitrogen and oxygen atoms in total. The van der Waals surface area contributed by atoms with Crippen molar-refractivity contribution < 1.29 is 0 Å². The Kier molecular flexibility index (Phi) is 1.99. The molecular weight excluding hydrogens is 152 g/mol. The second-order valence-electron chi connectivity index (χ2n) is 3.43. The molecule has 1 aromatic rings. The van der Waals surface area contributed by atoms with Crippen LogP contribution in [0.2, 0.25) is 0 Å². The Balaban J connectivity index is 2.04. The van der Waals surface area contributed by atoms with E-state index in [1.807, 2.05) is 11.3 Å². The third-order valence-corrected chi connectivity index (χ3v) is 3.50. The molecule has 1 unspecified atom stereocenters. The average Bonchev–Trinajstić information content (AvgIpc) is 2.46. The predicted octanol–water partition coefficient (Wildman–Crippen LogP) is 3.26. The van der Waals surface area contributed by atoms with Gasteiger partial charge in [-0.15, -0.1) is 11.3 Å². The van der Waals surface area contributed by atoms with E-state index in [2.05, 4.69) is 18.4 Å².